The molecule has 114 valence electrons. The van der Waals surface area contributed by atoms with Crippen molar-refractivity contribution in [2.45, 2.75) is 44.7 Å². The van der Waals surface area contributed by atoms with E-state index in [1.807, 2.05) is 25.1 Å². The third-order valence-electron chi connectivity index (χ3n) is 4.02. The number of hydrogen-bond acceptors (Lipinski definition) is 4. The Morgan fingerprint density at radius 1 is 1.19 bits per heavy atom. The van der Waals surface area contributed by atoms with Gasteiger partial charge in [-0.1, -0.05) is 12.8 Å². The van der Waals surface area contributed by atoms with Crippen molar-refractivity contribution in [2.75, 3.05) is 18.5 Å². The van der Waals surface area contributed by atoms with Crippen LogP contribution in [0.2, 0.25) is 0 Å². The summed E-state index contributed by atoms with van der Waals surface area (Å²) in [5.41, 5.74) is 0.869. The van der Waals surface area contributed by atoms with Crippen LogP contribution in [0.25, 0.3) is 0 Å². The SMILES string of the molecule is C[C@@H](Nc1ccc2c(c1)OCCO2)C(=O)NC1CCCC1. The van der Waals surface area contributed by atoms with E-state index in [1.165, 1.54) is 12.8 Å². The van der Waals surface area contributed by atoms with Crippen molar-refractivity contribution in [3.8, 4) is 11.5 Å². The first-order valence-corrected chi connectivity index (χ1v) is 7.69. The van der Waals surface area contributed by atoms with Crippen molar-refractivity contribution in [2.24, 2.45) is 0 Å². The maximum atomic E-state index is 12.2. The lowest BCUT2D eigenvalue weighted by atomic mass is 10.2. The smallest absolute Gasteiger partial charge is 0.242 e. The summed E-state index contributed by atoms with van der Waals surface area (Å²) in [6, 6.07) is 5.74. The van der Waals surface area contributed by atoms with Gasteiger partial charge in [0, 0.05) is 17.8 Å². The van der Waals surface area contributed by atoms with Gasteiger partial charge < -0.3 is 20.1 Å². The molecule has 1 aromatic rings. The average molecular weight is 290 g/mol. The molecule has 21 heavy (non-hydrogen) atoms. The van der Waals surface area contributed by atoms with Gasteiger partial charge >= 0.3 is 0 Å². The molecule has 5 heteroatoms. The topological polar surface area (TPSA) is 59.6 Å². The van der Waals surface area contributed by atoms with E-state index in [0.29, 0.717) is 19.3 Å². The van der Waals surface area contributed by atoms with Crippen LogP contribution < -0.4 is 20.1 Å². The molecule has 0 unspecified atom stereocenters. The fourth-order valence-corrected chi connectivity index (χ4v) is 2.85. The lowest BCUT2D eigenvalue weighted by Gasteiger charge is -2.21. The van der Waals surface area contributed by atoms with Crippen molar-refractivity contribution in [1.82, 2.24) is 5.32 Å². The minimum absolute atomic E-state index is 0.0526. The Labute approximate surface area is 125 Å². The molecule has 0 radical (unpaired) electrons. The molecule has 5 nitrogen and oxygen atoms in total. The number of nitrogens with one attached hydrogen (secondary N) is 2. The highest BCUT2D eigenvalue weighted by Crippen LogP contribution is 2.32. The number of rotatable bonds is 4. The largest absolute Gasteiger partial charge is 0.486 e. The summed E-state index contributed by atoms with van der Waals surface area (Å²) in [5.74, 6) is 1.54. The number of ether oxygens (including phenoxy) is 2. The number of anilines is 1. The fourth-order valence-electron chi connectivity index (χ4n) is 2.85. The van der Waals surface area contributed by atoms with Crippen molar-refractivity contribution in [1.29, 1.82) is 0 Å². The second kappa shape index (κ2) is 6.24. The molecule has 2 N–H and O–H groups in total. The number of carbonyl (C=O) groups is 1. The molecule has 1 amide bonds. The van der Waals surface area contributed by atoms with Gasteiger partial charge in [-0.3, -0.25) is 4.79 Å². The second-order valence-corrected chi connectivity index (χ2v) is 5.71. The summed E-state index contributed by atoms with van der Waals surface area (Å²) >= 11 is 0. The Kier molecular flexibility index (Phi) is 4.18. The van der Waals surface area contributed by atoms with Crippen molar-refractivity contribution >= 4 is 11.6 Å². The Morgan fingerprint density at radius 2 is 1.90 bits per heavy atom. The molecule has 0 saturated heterocycles. The molecular weight excluding hydrogens is 268 g/mol. The Balaban J connectivity index is 1.58. The first kappa shape index (κ1) is 14.0. The van der Waals surface area contributed by atoms with Crippen LogP contribution in [-0.2, 0) is 4.79 Å². The number of hydrogen-bond donors (Lipinski definition) is 2. The van der Waals surface area contributed by atoms with Gasteiger partial charge in [0.15, 0.2) is 11.5 Å². The van der Waals surface area contributed by atoms with E-state index in [2.05, 4.69) is 10.6 Å². The van der Waals surface area contributed by atoms with Crippen molar-refractivity contribution in [3.05, 3.63) is 18.2 Å². The lowest BCUT2D eigenvalue weighted by Crippen LogP contribution is -2.42. The quantitative estimate of drug-likeness (QED) is 0.893. The van der Waals surface area contributed by atoms with Gasteiger partial charge in [0.2, 0.25) is 5.91 Å². The third-order valence-corrected chi connectivity index (χ3v) is 4.02. The van der Waals surface area contributed by atoms with Gasteiger partial charge in [0.05, 0.1) is 0 Å². The van der Waals surface area contributed by atoms with Crippen molar-refractivity contribution < 1.29 is 14.3 Å². The molecule has 1 saturated carbocycles. The third kappa shape index (κ3) is 3.40. The van der Waals surface area contributed by atoms with E-state index in [1.54, 1.807) is 0 Å². The van der Waals surface area contributed by atoms with Gasteiger partial charge in [-0.25, -0.2) is 0 Å². The normalized spacial score (nSPS) is 19.1. The van der Waals surface area contributed by atoms with E-state index in [-0.39, 0.29) is 11.9 Å². The Bertz CT molecular complexity index is 512. The molecule has 1 heterocycles. The molecule has 1 fully saturated rings. The molecule has 1 atom stereocenters. The van der Waals surface area contributed by atoms with Crippen LogP contribution in [0.1, 0.15) is 32.6 Å². The maximum absolute atomic E-state index is 12.2. The van der Waals surface area contributed by atoms with Gasteiger partial charge in [0.25, 0.3) is 0 Å². The van der Waals surface area contributed by atoms with E-state index >= 15 is 0 Å². The molecule has 1 aliphatic carbocycles. The standard InChI is InChI=1S/C16H22N2O3/c1-11(16(19)18-12-4-2-3-5-12)17-13-6-7-14-15(10-13)21-9-8-20-14/h6-7,10-12,17H,2-5,8-9H2,1H3,(H,18,19)/t11-/m1/s1. The Morgan fingerprint density at radius 3 is 2.67 bits per heavy atom. The van der Waals surface area contributed by atoms with E-state index in [9.17, 15) is 4.79 Å². The number of benzene rings is 1. The summed E-state index contributed by atoms with van der Waals surface area (Å²) in [6.07, 6.45) is 4.63. The molecule has 0 aromatic heterocycles. The molecule has 1 aliphatic heterocycles. The monoisotopic (exact) mass is 290 g/mol. The highest BCUT2D eigenvalue weighted by Gasteiger charge is 2.21. The summed E-state index contributed by atoms with van der Waals surface area (Å²) in [5, 5.41) is 6.32. The van der Waals surface area contributed by atoms with Crippen LogP contribution in [0, 0.1) is 0 Å². The highest BCUT2D eigenvalue weighted by molar-refractivity contribution is 5.84. The van der Waals surface area contributed by atoms with Crippen LogP contribution in [0.5, 0.6) is 11.5 Å². The zero-order chi connectivity index (χ0) is 14.7. The fraction of sp³-hybridized carbons (Fsp3) is 0.562. The van der Waals surface area contributed by atoms with E-state index < -0.39 is 0 Å². The summed E-state index contributed by atoms with van der Waals surface area (Å²) < 4.78 is 11.0. The summed E-state index contributed by atoms with van der Waals surface area (Å²) in [4.78, 5) is 12.2. The van der Waals surface area contributed by atoms with Gasteiger partial charge in [-0.2, -0.15) is 0 Å². The number of fused-ring (bicyclic) bond motifs is 1. The lowest BCUT2D eigenvalue weighted by molar-refractivity contribution is -0.122. The minimum Gasteiger partial charge on any atom is -0.486 e. The predicted molar refractivity (Wildman–Crippen MR) is 80.9 cm³/mol. The zero-order valence-electron chi connectivity index (χ0n) is 12.4. The molecule has 2 aliphatic rings. The first-order valence-electron chi connectivity index (χ1n) is 7.69. The first-order chi connectivity index (χ1) is 10.2. The van der Waals surface area contributed by atoms with Gasteiger partial charge in [0.1, 0.15) is 19.3 Å². The van der Waals surface area contributed by atoms with Gasteiger partial charge in [-0.05, 0) is 31.9 Å². The van der Waals surface area contributed by atoms with Crippen LogP contribution in [0.15, 0.2) is 18.2 Å². The average Bonchev–Trinajstić information content (AvgIpc) is 3.00. The van der Waals surface area contributed by atoms with Crippen LogP contribution in [0.3, 0.4) is 0 Å². The van der Waals surface area contributed by atoms with Gasteiger partial charge in [-0.15, -0.1) is 0 Å². The molecule has 0 spiro atoms. The molecule has 3 rings (SSSR count). The molecule has 1 aromatic carbocycles. The number of amides is 1. The Hall–Kier alpha value is -1.91. The summed E-state index contributed by atoms with van der Waals surface area (Å²) in [7, 11) is 0. The van der Waals surface area contributed by atoms with Crippen LogP contribution >= 0.6 is 0 Å². The molecular formula is C16H22N2O3. The maximum Gasteiger partial charge on any atom is 0.242 e. The van der Waals surface area contributed by atoms with Crippen molar-refractivity contribution in [3.63, 3.8) is 0 Å². The second-order valence-electron chi connectivity index (χ2n) is 5.71. The minimum atomic E-state index is -0.270. The van der Waals surface area contributed by atoms with Crippen LogP contribution in [0.4, 0.5) is 5.69 Å². The molecule has 0 bridgehead atoms. The predicted octanol–water partition coefficient (Wildman–Crippen LogP) is 2.32. The summed E-state index contributed by atoms with van der Waals surface area (Å²) in [6.45, 7) is 3.02. The van der Waals surface area contributed by atoms with E-state index in [4.69, 9.17) is 9.47 Å². The van der Waals surface area contributed by atoms with E-state index in [0.717, 1.165) is 30.0 Å². The highest BCUT2D eigenvalue weighted by atomic mass is 16.6. The number of carbonyl (C=O) groups excluding carboxylic acids is 1. The zero-order valence-corrected chi connectivity index (χ0v) is 12.4. The van der Waals surface area contributed by atoms with Crippen LogP contribution in [-0.4, -0.2) is 31.2 Å².